The van der Waals surface area contributed by atoms with E-state index in [1.165, 1.54) is 26.2 Å². The van der Waals surface area contributed by atoms with Gasteiger partial charge in [-0.15, -0.1) is 0 Å². The van der Waals surface area contributed by atoms with E-state index in [0.717, 1.165) is 15.4 Å². The van der Waals surface area contributed by atoms with Crippen molar-refractivity contribution in [3.05, 3.63) is 47.5 Å². The number of methoxy groups -OCH3 is 2. The van der Waals surface area contributed by atoms with Gasteiger partial charge in [-0.05, 0) is 49.2 Å². The zero-order chi connectivity index (χ0) is 22.5. The second-order valence-corrected chi connectivity index (χ2v) is 9.20. The number of amides is 1. The fourth-order valence-corrected chi connectivity index (χ4v) is 3.63. The molecule has 0 heterocycles. The predicted molar refractivity (Wildman–Crippen MR) is 117 cm³/mol. The molecule has 0 unspecified atom stereocenters. The Kier molecular flexibility index (Phi) is 7.83. The van der Waals surface area contributed by atoms with E-state index in [9.17, 15) is 13.2 Å². The number of hydrogen-bond acceptors (Lipinski definition) is 6. The molecule has 30 heavy (non-hydrogen) atoms. The smallest absolute Gasteiger partial charge is 0.242 e. The van der Waals surface area contributed by atoms with Crippen LogP contribution in [0.4, 0.5) is 5.69 Å². The zero-order valence-corrected chi connectivity index (χ0v) is 19.0. The van der Waals surface area contributed by atoms with Crippen molar-refractivity contribution in [2.45, 2.75) is 31.3 Å². The second-order valence-electron chi connectivity index (χ2n) is 7.05. The van der Waals surface area contributed by atoms with Gasteiger partial charge in [-0.2, -0.15) is 0 Å². The molecule has 2 aromatic carbocycles. The number of aryl methyl sites for hydroxylation is 1. The Bertz CT molecular complexity index is 1010. The monoisotopic (exact) mass is 435 g/mol. The molecule has 9 heteroatoms. The van der Waals surface area contributed by atoms with Crippen LogP contribution in [0, 0.1) is 6.92 Å². The Morgan fingerprint density at radius 2 is 1.73 bits per heavy atom. The van der Waals surface area contributed by atoms with E-state index in [1.807, 2.05) is 19.1 Å². The first-order chi connectivity index (χ1) is 14.1. The molecule has 0 saturated heterocycles. The van der Waals surface area contributed by atoms with Gasteiger partial charge in [0.1, 0.15) is 0 Å². The highest BCUT2D eigenvalue weighted by Crippen LogP contribution is 2.27. The summed E-state index contributed by atoms with van der Waals surface area (Å²) in [4.78, 5) is 12.8. The molecule has 2 N–H and O–H groups in total. The van der Waals surface area contributed by atoms with E-state index in [1.54, 1.807) is 33.3 Å². The van der Waals surface area contributed by atoms with Crippen molar-refractivity contribution in [3.63, 3.8) is 0 Å². The highest BCUT2D eigenvalue weighted by molar-refractivity contribution is 7.89. The minimum absolute atomic E-state index is 0.124. The van der Waals surface area contributed by atoms with Crippen LogP contribution in [-0.2, 0) is 21.4 Å². The van der Waals surface area contributed by atoms with Gasteiger partial charge in [-0.3, -0.25) is 4.79 Å². The first kappa shape index (κ1) is 23.7. The molecule has 0 spiro atoms. The summed E-state index contributed by atoms with van der Waals surface area (Å²) in [5.41, 5.74) is 2.17. The van der Waals surface area contributed by atoms with Gasteiger partial charge in [-0.1, -0.05) is 12.1 Å². The lowest BCUT2D eigenvalue weighted by Gasteiger charge is -2.17. The summed E-state index contributed by atoms with van der Waals surface area (Å²) in [6.45, 7) is 4.00. The van der Waals surface area contributed by atoms with E-state index < -0.39 is 16.1 Å². The van der Waals surface area contributed by atoms with Crippen molar-refractivity contribution in [2.24, 2.45) is 0 Å². The van der Waals surface area contributed by atoms with E-state index >= 15 is 0 Å². The number of carbonyl (C=O) groups is 1. The molecular weight excluding hydrogens is 406 g/mol. The van der Waals surface area contributed by atoms with Crippen LogP contribution in [0.15, 0.2) is 41.3 Å². The molecule has 1 atom stereocenters. The Balaban J connectivity index is 2.07. The molecule has 0 aromatic heterocycles. The fourth-order valence-electron chi connectivity index (χ4n) is 2.70. The predicted octanol–water partition coefficient (Wildman–Crippen LogP) is 2.38. The lowest BCUT2D eigenvalue weighted by molar-refractivity contribution is -0.117. The first-order valence-electron chi connectivity index (χ1n) is 9.38. The van der Waals surface area contributed by atoms with Crippen LogP contribution in [0.3, 0.4) is 0 Å². The molecule has 0 aliphatic rings. The number of sulfonamides is 1. The maximum Gasteiger partial charge on any atom is 0.242 e. The molecule has 2 aromatic rings. The lowest BCUT2D eigenvalue weighted by atomic mass is 10.1. The molecule has 0 fully saturated rings. The van der Waals surface area contributed by atoms with Crippen LogP contribution >= 0.6 is 0 Å². The topological polar surface area (TPSA) is 97.0 Å². The van der Waals surface area contributed by atoms with Gasteiger partial charge in [0.05, 0.1) is 25.2 Å². The minimum Gasteiger partial charge on any atom is -0.493 e. The largest absolute Gasteiger partial charge is 0.493 e. The van der Waals surface area contributed by atoms with Crippen molar-refractivity contribution >= 4 is 21.6 Å². The van der Waals surface area contributed by atoms with E-state index in [2.05, 4.69) is 10.6 Å². The van der Waals surface area contributed by atoms with Gasteiger partial charge >= 0.3 is 0 Å². The van der Waals surface area contributed by atoms with Crippen molar-refractivity contribution in [3.8, 4) is 11.5 Å². The molecule has 8 nitrogen and oxygen atoms in total. The molecule has 0 aliphatic carbocycles. The van der Waals surface area contributed by atoms with E-state index in [4.69, 9.17) is 9.47 Å². The zero-order valence-electron chi connectivity index (χ0n) is 18.1. The number of carbonyl (C=O) groups excluding carboxylic acids is 1. The number of rotatable bonds is 9. The van der Waals surface area contributed by atoms with Gasteiger partial charge in [-0.25, -0.2) is 12.7 Å². The minimum atomic E-state index is -3.59. The van der Waals surface area contributed by atoms with Crippen molar-refractivity contribution < 1.29 is 22.7 Å². The summed E-state index contributed by atoms with van der Waals surface area (Å²) in [5.74, 6) is 0.983. The quantitative estimate of drug-likeness (QED) is 0.628. The van der Waals surface area contributed by atoms with E-state index in [0.29, 0.717) is 23.7 Å². The lowest BCUT2D eigenvalue weighted by Crippen LogP contribution is -2.37. The number of anilines is 1. The van der Waals surface area contributed by atoms with Crippen LogP contribution < -0.4 is 20.1 Å². The normalized spacial score (nSPS) is 12.5. The average molecular weight is 436 g/mol. The van der Waals surface area contributed by atoms with Gasteiger partial charge in [0, 0.05) is 26.3 Å². The maximum atomic E-state index is 12.6. The van der Waals surface area contributed by atoms with Gasteiger partial charge < -0.3 is 20.1 Å². The number of nitrogens with zero attached hydrogens (tertiary/aromatic N) is 1. The second kappa shape index (κ2) is 9.92. The molecule has 1 amide bonds. The van der Waals surface area contributed by atoms with Crippen molar-refractivity contribution in [1.29, 1.82) is 0 Å². The average Bonchev–Trinajstić information content (AvgIpc) is 2.72. The maximum absolute atomic E-state index is 12.6. The Labute approximate surface area is 178 Å². The molecule has 0 bridgehead atoms. The summed E-state index contributed by atoms with van der Waals surface area (Å²) in [6.07, 6.45) is 0. The number of benzene rings is 2. The Morgan fingerprint density at radius 1 is 1.07 bits per heavy atom. The first-order valence-corrected chi connectivity index (χ1v) is 10.8. The summed E-state index contributed by atoms with van der Waals surface area (Å²) in [5, 5.41) is 5.96. The van der Waals surface area contributed by atoms with Crippen LogP contribution in [0.5, 0.6) is 11.5 Å². The highest BCUT2D eigenvalue weighted by atomic mass is 32.2. The van der Waals surface area contributed by atoms with Crippen LogP contribution in [-0.4, -0.2) is 53.0 Å². The summed E-state index contributed by atoms with van der Waals surface area (Å²) in [6, 6.07) is 9.71. The summed E-state index contributed by atoms with van der Waals surface area (Å²) in [7, 11) is 2.49. The number of ether oxygens (including phenoxy) is 2. The fraction of sp³-hybridized carbons (Fsp3) is 0.381. The van der Waals surface area contributed by atoms with Crippen LogP contribution in [0.25, 0.3) is 0 Å². The molecule has 0 saturated carbocycles. The highest BCUT2D eigenvalue weighted by Gasteiger charge is 2.20. The molecule has 0 radical (unpaired) electrons. The number of hydrogen-bond donors (Lipinski definition) is 2. The third-order valence-corrected chi connectivity index (χ3v) is 6.51. The standard InChI is InChI=1S/C21H29N3O5S/c1-14-7-9-17(30(26,27)24(3)4)12-18(14)23-21(25)15(2)22-13-16-8-10-19(28-5)20(11-16)29-6/h7-12,15,22H,13H2,1-6H3,(H,23,25)/t15-/m0/s1. The summed E-state index contributed by atoms with van der Waals surface area (Å²) < 4.78 is 36.4. The Hall–Kier alpha value is -2.62. The van der Waals surface area contributed by atoms with Crippen molar-refractivity contribution in [2.75, 3.05) is 33.6 Å². The number of nitrogens with one attached hydrogen (secondary N) is 2. The Morgan fingerprint density at radius 3 is 2.33 bits per heavy atom. The van der Waals surface area contributed by atoms with Crippen molar-refractivity contribution in [1.82, 2.24) is 9.62 Å². The van der Waals surface area contributed by atoms with E-state index in [-0.39, 0.29) is 10.8 Å². The van der Waals surface area contributed by atoms with Gasteiger partial charge in [0.25, 0.3) is 0 Å². The van der Waals surface area contributed by atoms with Crippen LogP contribution in [0.1, 0.15) is 18.1 Å². The molecular formula is C21H29N3O5S. The molecule has 2 rings (SSSR count). The molecule has 164 valence electrons. The molecule has 0 aliphatic heterocycles. The van der Waals surface area contributed by atoms with Crippen LogP contribution in [0.2, 0.25) is 0 Å². The SMILES string of the molecule is COc1ccc(CN[C@@H](C)C(=O)Nc2cc(S(=O)(=O)N(C)C)ccc2C)cc1OC. The third-order valence-electron chi connectivity index (χ3n) is 4.70. The third kappa shape index (κ3) is 5.50. The summed E-state index contributed by atoms with van der Waals surface area (Å²) >= 11 is 0. The van der Waals surface area contributed by atoms with Gasteiger partial charge in [0.2, 0.25) is 15.9 Å². The van der Waals surface area contributed by atoms with Gasteiger partial charge in [0.15, 0.2) is 11.5 Å².